The van der Waals surface area contributed by atoms with E-state index in [0.717, 1.165) is 10.1 Å². The van der Waals surface area contributed by atoms with Crippen molar-refractivity contribution in [2.24, 2.45) is 0 Å². The van der Waals surface area contributed by atoms with Gasteiger partial charge in [-0.05, 0) is 45.7 Å². The number of rotatable bonds is 5. The molecule has 0 aromatic carbocycles. The number of halogens is 3. The maximum atomic E-state index is 9.04. The number of carbonyl (C=O) groups is 1. The van der Waals surface area contributed by atoms with Crippen molar-refractivity contribution >= 4 is 61.2 Å². The van der Waals surface area contributed by atoms with Crippen molar-refractivity contribution in [3.8, 4) is 23.0 Å². The van der Waals surface area contributed by atoms with Crippen molar-refractivity contribution < 1.29 is 14.3 Å². The molecule has 5 heterocycles. The molecule has 38 heavy (non-hydrogen) atoms. The molecule has 0 aliphatic carbocycles. The molecular formula is C24H21Br2ClN8O3. The van der Waals surface area contributed by atoms with Crippen molar-refractivity contribution in [1.29, 1.82) is 0 Å². The summed E-state index contributed by atoms with van der Waals surface area (Å²) in [6.07, 6.45) is 14.1. The van der Waals surface area contributed by atoms with E-state index in [2.05, 4.69) is 61.8 Å². The van der Waals surface area contributed by atoms with E-state index in [1.807, 2.05) is 36.7 Å². The predicted molar refractivity (Wildman–Crippen MR) is 150 cm³/mol. The van der Waals surface area contributed by atoms with Crippen LogP contribution in [-0.2, 0) is 4.79 Å². The molecule has 14 heteroatoms. The van der Waals surface area contributed by atoms with Crippen molar-refractivity contribution in [1.82, 2.24) is 34.3 Å². The van der Waals surface area contributed by atoms with Gasteiger partial charge in [0.2, 0.25) is 0 Å². The number of nitrogens with two attached hydrogens (primary N) is 1. The molecule has 0 atom stereocenters. The summed E-state index contributed by atoms with van der Waals surface area (Å²) in [7, 11) is 0. The van der Waals surface area contributed by atoms with Gasteiger partial charge in [0.15, 0.2) is 17.1 Å². The number of nitrogens with zero attached hydrogens (tertiary/aromatic N) is 7. The number of alkyl halides is 1. The molecule has 5 aromatic rings. The second kappa shape index (κ2) is 14.3. The van der Waals surface area contributed by atoms with Gasteiger partial charge in [-0.1, -0.05) is 0 Å². The summed E-state index contributed by atoms with van der Waals surface area (Å²) in [5.41, 5.74) is 6.41. The molecule has 0 unspecified atom stereocenters. The number of hydrogen-bond donors (Lipinski definition) is 1. The number of nitrogen functional groups attached to an aromatic ring is 1. The van der Waals surface area contributed by atoms with Crippen molar-refractivity contribution in [2.75, 3.05) is 11.6 Å². The quantitative estimate of drug-likeness (QED) is 0.183. The summed E-state index contributed by atoms with van der Waals surface area (Å²) < 4.78 is 14.6. The van der Waals surface area contributed by atoms with E-state index < -0.39 is 0 Å². The number of anilines is 1. The van der Waals surface area contributed by atoms with Crippen molar-refractivity contribution in [3.05, 3.63) is 82.3 Å². The largest absolute Gasteiger partial charge is 0.453 e. The van der Waals surface area contributed by atoms with Gasteiger partial charge in [-0.2, -0.15) is 0 Å². The van der Waals surface area contributed by atoms with Crippen molar-refractivity contribution in [3.63, 3.8) is 0 Å². The average molecular weight is 665 g/mol. The fraction of sp³-hybridized carbons (Fsp3) is 0.125. The molecule has 5 rings (SSSR count). The second-order valence-electron chi connectivity index (χ2n) is 7.18. The number of imidazole rings is 1. The Hall–Kier alpha value is -3.68. The van der Waals surface area contributed by atoms with Crippen LogP contribution in [0.3, 0.4) is 0 Å². The van der Waals surface area contributed by atoms with Crippen LogP contribution in [0.1, 0.15) is 11.6 Å². The van der Waals surface area contributed by atoms with E-state index in [0.29, 0.717) is 51.2 Å². The Morgan fingerprint density at radius 1 is 0.842 bits per heavy atom. The lowest BCUT2D eigenvalue weighted by Crippen LogP contribution is -1.94. The van der Waals surface area contributed by atoms with Gasteiger partial charge in [0.1, 0.15) is 35.3 Å². The number of aryl methyl sites for hydroxylation is 2. The Kier molecular flexibility index (Phi) is 10.9. The fourth-order valence-electron chi connectivity index (χ4n) is 2.65. The van der Waals surface area contributed by atoms with Gasteiger partial charge in [-0.25, -0.2) is 29.9 Å². The molecular weight excluding hydrogens is 644 g/mol. The normalized spacial score (nSPS) is 10.0. The van der Waals surface area contributed by atoms with Crippen molar-refractivity contribution in [2.45, 2.75) is 13.8 Å². The maximum absolute atomic E-state index is 9.04. The molecule has 0 fully saturated rings. The molecule has 0 aliphatic rings. The molecule has 2 N–H and O–H groups in total. The number of pyridine rings is 2. The van der Waals surface area contributed by atoms with Crippen LogP contribution in [0.15, 0.2) is 70.7 Å². The summed E-state index contributed by atoms with van der Waals surface area (Å²) in [6, 6.07) is 3.60. The smallest absolute Gasteiger partial charge is 0.164 e. The summed E-state index contributed by atoms with van der Waals surface area (Å²) >= 11 is 11.5. The van der Waals surface area contributed by atoms with Gasteiger partial charge < -0.3 is 24.4 Å². The van der Waals surface area contributed by atoms with Crippen LogP contribution in [0.5, 0.6) is 23.0 Å². The van der Waals surface area contributed by atoms with Crippen LogP contribution in [0, 0.1) is 13.8 Å². The second-order valence-corrected chi connectivity index (χ2v) is 9.19. The van der Waals surface area contributed by atoms with Crippen LogP contribution >= 0.6 is 43.5 Å². The molecule has 0 radical (unpaired) electrons. The molecule has 0 bridgehead atoms. The third kappa shape index (κ3) is 8.71. The third-order valence-electron chi connectivity index (χ3n) is 4.31. The first-order valence-corrected chi connectivity index (χ1v) is 12.9. The van der Waals surface area contributed by atoms with Gasteiger partial charge in [0.05, 0.1) is 52.0 Å². The first kappa shape index (κ1) is 28.9. The molecule has 0 spiro atoms. The fourth-order valence-corrected chi connectivity index (χ4v) is 3.51. The number of hydrogen-bond acceptors (Lipinski definition) is 10. The van der Waals surface area contributed by atoms with E-state index in [1.54, 1.807) is 43.2 Å². The zero-order valence-electron chi connectivity index (χ0n) is 20.1. The highest BCUT2D eigenvalue weighted by molar-refractivity contribution is 9.11. The highest BCUT2D eigenvalue weighted by Crippen LogP contribution is 2.27. The first-order chi connectivity index (χ1) is 18.3. The van der Waals surface area contributed by atoms with E-state index in [-0.39, 0.29) is 5.88 Å². The highest BCUT2D eigenvalue weighted by Gasteiger charge is 2.05. The SMILES string of the molecule is Cc1ncc(Oc2cc(Br)c3nccn3c2)cn1.Cc1ncc(Oc2cnc(N)c(Br)c2)cn1.O=CCCl. The molecule has 11 nitrogen and oxygen atoms in total. The molecule has 0 amide bonds. The molecule has 0 saturated carbocycles. The Balaban J connectivity index is 0.000000186. The number of fused-ring (bicyclic) bond motifs is 1. The van der Waals surface area contributed by atoms with Gasteiger partial charge in [0, 0.05) is 24.5 Å². The van der Waals surface area contributed by atoms with E-state index in [4.69, 9.17) is 31.6 Å². The summed E-state index contributed by atoms with van der Waals surface area (Å²) in [5.74, 6) is 4.38. The lowest BCUT2D eigenvalue weighted by Gasteiger charge is -2.06. The highest BCUT2D eigenvalue weighted by atomic mass is 79.9. The van der Waals surface area contributed by atoms with Gasteiger partial charge in [-0.3, -0.25) is 0 Å². The molecule has 0 aliphatic heterocycles. The first-order valence-electron chi connectivity index (χ1n) is 10.7. The van der Waals surface area contributed by atoms with Crippen LogP contribution < -0.4 is 15.2 Å². The lowest BCUT2D eigenvalue weighted by atomic mass is 10.4. The monoisotopic (exact) mass is 662 g/mol. The number of carbonyl (C=O) groups excluding carboxylic acids is 1. The van der Waals surface area contributed by atoms with Crippen LogP contribution in [0.25, 0.3) is 5.65 Å². The number of aldehydes is 1. The van der Waals surface area contributed by atoms with E-state index in [9.17, 15) is 0 Å². The van der Waals surface area contributed by atoms with Gasteiger partial charge in [0.25, 0.3) is 0 Å². The van der Waals surface area contributed by atoms with Crippen LogP contribution in [-0.4, -0.2) is 46.5 Å². The molecule has 196 valence electrons. The van der Waals surface area contributed by atoms with E-state index in [1.165, 1.54) is 0 Å². The minimum Gasteiger partial charge on any atom is -0.453 e. The van der Waals surface area contributed by atoms with Gasteiger partial charge >= 0.3 is 0 Å². The Morgan fingerprint density at radius 3 is 1.87 bits per heavy atom. The molecule has 0 saturated heterocycles. The zero-order chi connectivity index (χ0) is 27.5. The third-order valence-corrected chi connectivity index (χ3v) is 5.66. The molecule has 5 aromatic heterocycles. The topological polar surface area (TPSA) is 143 Å². The predicted octanol–water partition coefficient (Wildman–Crippen LogP) is 5.73. The Bertz CT molecular complexity index is 1490. The van der Waals surface area contributed by atoms with Crippen LogP contribution in [0.4, 0.5) is 5.82 Å². The Morgan fingerprint density at radius 2 is 1.34 bits per heavy atom. The summed E-state index contributed by atoms with van der Waals surface area (Å²) in [6.45, 7) is 3.64. The number of ether oxygens (including phenoxy) is 2. The standard InChI is InChI=1S/C12H9BrN4O.C10H9BrN4O.C2H3ClO/c1-8-15-5-10(6-16-8)18-9-4-11(13)12-14-2-3-17(12)7-9;1-6-13-4-8(5-14-6)16-7-2-9(11)10(12)15-3-7;3-1-2-4/h2-7H,1H3;2-5H,1H3,(H2,12,15);2H,1H2. The lowest BCUT2D eigenvalue weighted by molar-refractivity contribution is -0.105. The average Bonchev–Trinajstić information content (AvgIpc) is 3.39. The Labute approximate surface area is 239 Å². The zero-order valence-corrected chi connectivity index (χ0v) is 24.1. The van der Waals surface area contributed by atoms with Crippen LogP contribution in [0.2, 0.25) is 0 Å². The minimum atomic E-state index is 0.111. The summed E-state index contributed by atoms with van der Waals surface area (Å²) in [5, 5.41) is 0. The van der Waals surface area contributed by atoms with E-state index >= 15 is 0 Å². The number of aromatic nitrogens is 7. The summed E-state index contributed by atoms with van der Waals surface area (Å²) in [4.78, 5) is 33.4. The maximum Gasteiger partial charge on any atom is 0.164 e. The minimum absolute atomic E-state index is 0.111. The van der Waals surface area contributed by atoms with Gasteiger partial charge in [-0.15, -0.1) is 11.6 Å².